The molecule has 2 heteroatoms. The lowest BCUT2D eigenvalue weighted by molar-refractivity contribution is 0.127. The number of hydrogen-bond acceptors (Lipinski definition) is 2. The average Bonchev–Trinajstić information content (AvgIpc) is 2.81. The van der Waals surface area contributed by atoms with Crippen molar-refractivity contribution in [2.45, 2.75) is 37.8 Å². The van der Waals surface area contributed by atoms with E-state index in [4.69, 9.17) is 0 Å². The Labute approximate surface area is 91.3 Å². The molecule has 2 rings (SSSR count). The lowest BCUT2D eigenvalue weighted by Gasteiger charge is -2.17. The summed E-state index contributed by atoms with van der Waals surface area (Å²) < 4.78 is 0. The summed E-state index contributed by atoms with van der Waals surface area (Å²) in [5.41, 5.74) is 1.31. The molecule has 0 radical (unpaired) electrons. The van der Waals surface area contributed by atoms with E-state index in [1.165, 1.54) is 12.0 Å². The number of nitrogens with one attached hydrogen (secondary N) is 1. The molecule has 1 saturated heterocycles. The highest BCUT2D eigenvalue weighted by atomic mass is 16.3. The second-order valence-corrected chi connectivity index (χ2v) is 4.29. The SMILES string of the molecule is OC(CCc1ccccc1)[C@@H]1CCCN1. The van der Waals surface area contributed by atoms with Crippen molar-refractivity contribution in [2.75, 3.05) is 6.54 Å². The molecule has 1 heterocycles. The first kappa shape index (κ1) is 10.7. The second kappa shape index (κ2) is 5.29. The van der Waals surface area contributed by atoms with E-state index in [2.05, 4.69) is 29.6 Å². The van der Waals surface area contributed by atoms with E-state index in [9.17, 15) is 5.11 Å². The van der Waals surface area contributed by atoms with Crippen molar-refractivity contribution >= 4 is 0 Å². The van der Waals surface area contributed by atoms with E-state index < -0.39 is 0 Å². The summed E-state index contributed by atoms with van der Waals surface area (Å²) >= 11 is 0. The highest BCUT2D eigenvalue weighted by molar-refractivity contribution is 5.14. The zero-order valence-corrected chi connectivity index (χ0v) is 9.02. The van der Waals surface area contributed by atoms with Crippen molar-refractivity contribution in [3.63, 3.8) is 0 Å². The van der Waals surface area contributed by atoms with Gasteiger partial charge in [-0.3, -0.25) is 0 Å². The molecule has 82 valence electrons. The zero-order valence-electron chi connectivity index (χ0n) is 9.02. The smallest absolute Gasteiger partial charge is 0.0696 e. The first-order chi connectivity index (χ1) is 7.36. The number of hydrogen-bond donors (Lipinski definition) is 2. The van der Waals surface area contributed by atoms with Gasteiger partial charge in [-0.2, -0.15) is 0 Å². The topological polar surface area (TPSA) is 32.3 Å². The fourth-order valence-corrected chi connectivity index (χ4v) is 2.20. The Morgan fingerprint density at radius 3 is 2.80 bits per heavy atom. The summed E-state index contributed by atoms with van der Waals surface area (Å²) in [7, 11) is 0. The van der Waals surface area contributed by atoms with Gasteiger partial charge in [0.15, 0.2) is 0 Å². The van der Waals surface area contributed by atoms with Crippen LogP contribution in [0.3, 0.4) is 0 Å². The highest BCUT2D eigenvalue weighted by Crippen LogP contribution is 2.14. The number of rotatable bonds is 4. The van der Waals surface area contributed by atoms with Gasteiger partial charge >= 0.3 is 0 Å². The zero-order chi connectivity index (χ0) is 10.5. The van der Waals surface area contributed by atoms with Crippen LogP contribution in [0.25, 0.3) is 0 Å². The molecule has 1 aromatic carbocycles. The quantitative estimate of drug-likeness (QED) is 0.784. The molecule has 2 atom stereocenters. The highest BCUT2D eigenvalue weighted by Gasteiger charge is 2.21. The van der Waals surface area contributed by atoms with Gasteiger partial charge in [-0.1, -0.05) is 30.3 Å². The van der Waals surface area contributed by atoms with E-state index in [0.717, 1.165) is 25.8 Å². The van der Waals surface area contributed by atoms with Crippen LogP contribution in [0.5, 0.6) is 0 Å². The Hall–Kier alpha value is -0.860. The first-order valence-corrected chi connectivity index (χ1v) is 5.81. The van der Waals surface area contributed by atoms with Crippen LogP contribution in [-0.2, 0) is 6.42 Å². The summed E-state index contributed by atoms with van der Waals surface area (Å²) in [5, 5.41) is 13.3. The lowest BCUT2D eigenvalue weighted by Crippen LogP contribution is -2.34. The Balaban J connectivity index is 1.77. The fourth-order valence-electron chi connectivity index (χ4n) is 2.20. The van der Waals surface area contributed by atoms with Crippen molar-refractivity contribution in [2.24, 2.45) is 0 Å². The Kier molecular flexibility index (Phi) is 3.75. The lowest BCUT2D eigenvalue weighted by atomic mass is 10.0. The summed E-state index contributed by atoms with van der Waals surface area (Å²) in [4.78, 5) is 0. The number of aliphatic hydroxyl groups excluding tert-OH is 1. The molecular weight excluding hydrogens is 186 g/mol. The van der Waals surface area contributed by atoms with E-state index >= 15 is 0 Å². The van der Waals surface area contributed by atoms with Crippen molar-refractivity contribution < 1.29 is 5.11 Å². The molecule has 1 aromatic rings. The fraction of sp³-hybridized carbons (Fsp3) is 0.538. The predicted octanol–water partition coefficient (Wildman–Crippen LogP) is 1.73. The molecule has 0 saturated carbocycles. The monoisotopic (exact) mass is 205 g/mol. The second-order valence-electron chi connectivity index (χ2n) is 4.29. The van der Waals surface area contributed by atoms with Crippen LogP contribution in [0.4, 0.5) is 0 Å². The number of aryl methyl sites for hydroxylation is 1. The van der Waals surface area contributed by atoms with Gasteiger partial charge in [0.05, 0.1) is 6.10 Å². The molecule has 1 aliphatic rings. The third kappa shape index (κ3) is 3.05. The third-order valence-electron chi connectivity index (χ3n) is 3.13. The predicted molar refractivity (Wildman–Crippen MR) is 61.8 cm³/mol. The average molecular weight is 205 g/mol. The van der Waals surface area contributed by atoms with Gasteiger partial charge in [0.2, 0.25) is 0 Å². The molecular formula is C13H19NO. The van der Waals surface area contributed by atoms with Crippen LogP contribution >= 0.6 is 0 Å². The van der Waals surface area contributed by atoms with Gasteiger partial charge in [0, 0.05) is 6.04 Å². The summed E-state index contributed by atoms with van der Waals surface area (Å²) in [6.07, 6.45) is 3.97. The van der Waals surface area contributed by atoms with E-state index in [1.54, 1.807) is 0 Å². The molecule has 0 aliphatic carbocycles. The van der Waals surface area contributed by atoms with Gasteiger partial charge in [0.25, 0.3) is 0 Å². The normalized spacial score (nSPS) is 22.9. The summed E-state index contributed by atoms with van der Waals surface area (Å²) in [5.74, 6) is 0. The van der Waals surface area contributed by atoms with Crippen LogP contribution in [0.1, 0.15) is 24.8 Å². The molecule has 0 spiro atoms. The van der Waals surface area contributed by atoms with Gasteiger partial charge in [0.1, 0.15) is 0 Å². The minimum atomic E-state index is -0.187. The largest absolute Gasteiger partial charge is 0.391 e. The first-order valence-electron chi connectivity index (χ1n) is 5.81. The van der Waals surface area contributed by atoms with Crippen LogP contribution in [0.15, 0.2) is 30.3 Å². The molecule has 2 nitrogen and oxygen atoms in total. The van der Waals surface area contributed by atoms with E-state index in [1.807, 2.05) is 6.07 Å². The van der Waals surface area contributed by atoms with Crippen molar-refractivity contribution in [3.05, 3.63) is 35.9 Å². The van der Waals surface area contributed by atoms with Gasteiger partial charge in [-0.15, -0.1) is 0 Å². The van der Waals surface area contributed by atoms with Gasteiger partial charge in [-0.05, 0) is 37.8 Å². The molecule has 1 fully saturated rings. The summed E-state index contributed by atoms with van der Waals surface area (Å²) in [6, 6.07) is 10.7. The third-order valence-corrected chi connectivity index (χ3v) is 3.13. The Morgan fingerprint density at radius 1 is 1.33 bits per heavy atom. The van der Waals surface area contributed by atoms with E-state index in [0.29, 0.717) is 6.04 Å². The Bertz CT molecular complexity index is 280. The molecule has 0 amide bonds. The van der Waals surface area contributed by atoms with Crippen molar-refractivity contribution in [3.8, 4) is 0 Å². The molecule has 0 bridgehead atoms. The number of aliphatic hydroxyl groups is 1. The van der Waals surface area contributed by atoms with E-state index in [-0.39, 0.29) is 6.10 Å². The molecule has 1 aliphatic heterocycles. The van der Waals surface area contributed by atoms with Gasteiger partial charge in [-0.25, -0.2) is 0 Å². The molecule has 2 N–H and O–H groups in total. The van der Waals surface area contributed by atoms with Crippen LogP contribution in [0, 0.1) is 0 Å². The van der Waals surface area contributed by atoms with Crippen LogP contribution in [-0.4, -0.2) is 23.8 Å². The molecule has 0 aromatic heterocycles. The maximum Gasteiger partial charge on any atom is 0.0696 e. The van der Waals surface area contributed by atoms with Crippen LogP contribution in [0.2, 0.25) is 0 Å². The van der Waals surface area contributed by atoms with Crippen LogP contribution < -0.4 is 5.32 Å². The molecule has 1 unspecified atom stereocenters. The standard InChI is InChI=1S/C13H19NO/c15-13(12-7-4-10-14-12)9-8-11-5-2-1-3-6-11/h1-3,5-6,12-15H,4,7-10H2/t12-,13?/m0/s1. The van der Waals surface area contributed by atoms with Crippen molar-refractivity contribution in [1.82, 2.24) is 5.32 Å². The van der Waals surface area contributed by atoms with Crippen molar-refractivity contribution in [1.29, 1.82) is 0 Å². The molecule has 15 heavy (non-hydrogen) atoms. The minimum absolute atomic E-state index is 0.187. The minimum Gasteiger partial charge on any atom is -0.391 e. The summed E-state index contributed by atoms with van der Waals surface area (Å²) in [6.45, 7) is 1.06. The van der Waals surface area contributed by atoms with Gasteiger partial charge < -0.3 is 10.4 Å². The maximum absolute atomic E-state index is 9.95. The Morgan fingerprint density at radius 2 is 2.13 bits per heavy atom. The maximum atomic E-state index is 9.95. The number of benzene rings is 1.